The maximum Gasteiger partial charge on any atom is 0.350 e. The van der Waals surface area contributed by atoms with Gasteiger partial charge in [0, 0.05) is 12.6 Å². The molecule has 24 heavy (non-hydrogen) atoms. The number of rotatable bonds is 7. The second-order valence-corrected chi connectivity index (χ2v) is 7.78. The standard InChI is InChI=1S/C18H26N2O3S/c1-23-18(22)17-15(9-10-24-17)19-16(21)12-20(14-7-8-14)11-13-5-3-2-4-6-13/h9-10,13-14H,2-8,11-12H2,1H3,(H,19,21). The molecule has 5 nitrogen and oxygen atoms in total. The molecule has 132 valence electrons. The largest absolute Gasteiger partial charge is 0.465 e. The zero-order valence-electron chi connectivity index (χ0n) is 14.3. The van der Waals surface area contributed by atoms with Crippen molar-refractivity contribution >= 4 is 28.9 Å². The minimum absolute atomic E-state index is 0.0405. The Bertz CT molecular complexity index is 577. The van der Waals surface area contributed by atoms with Crippen molar-refractivity contribution in [2.75, 3.05) is 25.5 Å². The number of carbonyl (C=O) groups excluding carboxylic acids is 2. The molecule has 0 spiro atoms. The number of amides is 1. The van der Waals surface area contributed by atoms with E-state index in [-0.39, 0.29) is 5.91 Å². The predicted molar refractivity (Wildman–Crippen MR) is 95.5 cm³/mol. The van der Waals surface area contributed by atoms with E-state index in [0.717, 1.165) is 12.5 Å². The molecule has 1 heterocycles. The average molecular weight is 350 g/mol. The highest BCUT2D eigenvalue weighted by molar-refractivity contribution is 7.12. The average Bonchev–Trinajstić information content (AvgIpc) is 3.34. The van der Waals surface area contributed by atoms with E-state index in [1.165, 1.54) is 63.4 Å². The molecule has 0 unspecified atom stereocenters. The summed E-state index contributed by atoms with van der Waals surface area (Å²) in [7, 11) is 1.35. The van der Waals surface area contributed by atoms with E-state index in [1.54, 1.807) is 11.4 Å². The molecule has 0 radical (unpaired) electrons. The highest BCUT2D eigenvalue weighted by atomic mass is 32.1. The van der Waals surface area contributed by atoms with Gasteiger partial charge in [0.15, 0.2) is 0 Å². The molecule has 3 rings (SSSR count). The van der Waals surface area contributed by atoms with Gasteiger partial charge in [0.05, 0.1) is 19.3 Å². The zero-order chi connectivity index (χ0) is 16.9. The first-order valence-electron chi connectivity index (χ1n) is 8.87. The molecule has 1 N–H and O–H groups in total. The Morgan fingerprint density at radius 2 is 2.00 bits per heavy atom. The minimum atomic E-state index is -0.401. The van der Waals surface area contributed by atoms with E-state index in [2.05, 4.69) is 10.2 Å². The van der Waals surface area contributed by atoms with E-state index < -0.39 is 5.97 Å². The number of anilines is 1. The number of carbonyl (C=O) groups is 2. The van der Waals surface area contributed by atoms with Crippen LogP contribution in [0.25, 0.3) is 0 Å². The van der Waals surface area contributed by atoms with Gasteiger partial charge in [-0.2, -0.15) is 0 Å². The molecular weight excluding hydrogens is 324 g/mol. The predicted octanol–water partition coefficient (Wildman–Crippen LogP) is 3.52. The van der Waals surface area contributed by atoms with Crippen molar-refractivity contribution in [3.63, 3.8) is 0 Å². The van der Waals surface area contributed by atoms with Crippen LogP contribution in [0.5, 0.6) is 0 Å². The molecule has 0 aliphatic heterocycles. The fraction of sp³-hybridized carbons (Fsp3) is 0.667. The number of ether oxygens (including phenoxy) is 1. The van der Waals surface area contributed by atoms with E-state index in [1.807, 2.05) is 0 Å². The van der Waals surface area contributed by atoms with Crippen LogP contribution < -0.4 is 5.32 Å². The molecule has 0 bridgehead atoms. The van der Waals surface area contributed by atoms with Crippen LogP contribution in [0.1, 0.15) is 54.6 Å². The SMILES string of the molecule is COC(=O)c1sccc1NC(=O)CN(CC1CCCCC1)C1CC1. The van der Waals surface area contributed by atoms with Gasteiger partial charge in [0.1, 0.15) is 4.88 Å². The summed E-state index contributed by atoms with van der Waals surface area (Å²) in [5.41, 5.74) is 0.560. The number of hydrogen-bond donors (Lipinski definition) is 1. The first kappa shape index (κ1) is 17.4. The van der Waals surface area contributed by atoms with Crippen LogP contribution >= 0.6 is 11.3 Å². The van der Waals surface area contributed by atoms with E-state index in [4.69, 9.17) is 4.74 Å². The van der Waals surface area contributed by atoms with E-state index in [9.17, 15) is 9.59 Å². The second-order valence-electron chi connectivity index (χ2n) is 6.87. The van der Waals surface area contributed by atoms with Crippen molar-refractivity contribution in [2.24, 2.45) is 5.92 Å². The van der Waals surface area contributed by atoms with Crippen LogP contribution in [0.4, 0.5) is 5.69 Å². The molecule has 2 fully saturated rings. The lowest BCUT2D eigenvalue weighted by atomic mass is 9.89. The molecule has 0 atom stereocenters. The van der Waals surface area contributed by atoms with Gasteiger partial charge in [-0.25, -0.2) is 4.79 Å². The Kier molecular flexibility index (Phi) is 5.89. The highest BCUT2D eigenvalue weighted by Gasteiger charge is 2.32. The van der Waals surface area contributed by atoms with Crippen LogP contribution in [0.15, 0.2) is 11.4 Å². The highest BCUT2D eigenvalue weighted by Crippen LogP contribution is 2.31. The molecular formula is C18H26N2O3S. The summed E-state index contributed by atoms with van der Waals surface area (Å²) < 4.78 is 4.76. The number of nitrogens with one attached hydrogen (secondary N) is 1. The van der Waals surface area contributed by atoms with E-state index >= 15 is 0 Å². The Hall–Kier alpha value is -1.40. The van der Waals surface area contributed by atoms with Crippen molar-refractivity contribution in [2.45, 2.75) is 51.0 Å². The van der Waals surface area contributed by atoms with Crippen LogP contribution in [-0.4, -0.2) is 43.0 Å². The van der Waals surface area contributed by atoms with Crippen molar-refractivity contribution in [3.05, 3.63) is 16.3 Å². The van der Waals surface area contributed by atoms with Gasteiger partial charge in [0.25, 0.3) is 0 Å². The van der Waals surface area contributed by atoms with Crippen LogP contribution in [0.2, 0.25) is 0 Å². The summed E-state index contributed by atoms with van der Waals surface area (Å²) in [5, 5.41) is 4.68. The molecule has 1 amide bonds. The Labute approximate surface area is 147 Å². The molecule has 6 heteroatoms. The topological polar surface area (TPSA) is 58.6 Å². The Morgan fingerprint density at radius 1 is 1.25 bits per heavy atom. The molecule has 1 aromatic heterocycles. The Balaban J connectivity index is 1.56. The number of methoxy groups -OCH3 is 1. The normalized spacial score (nSPS) is 18.6. The van der Waals surface area contributed by atoms with Crippen molar-refractivity contribution in [1.29, 1.82) is 0 Å². The number of hydrogen-bond acceptors (Lipinski definition) is 5. The van der Waals surface area contributed by atoms with Gasteiger partial charge in [-0.15, -0.1) is 11.3 Å². The molecule has 2 aliphatic rings. The molecule has 0 aromatic carbocycles. The third-order valence-corrected chi connectivity index (χ3v) is 5.83. The van der Waals surface area contributed by atoms with Gasteiger partial charge in [-0.05, 0) is 43.0 Å². The van der Waals surface area contributed by atoms with Gasteiger partial charge >= 0.3 is 5.97 Å². The number of esters is 1. The van der Waals surface area contributed by atoms with Crippen molar-refractivity contribution in [1.82, 2.24) is 4.90 Å². The summed E-state index contributed by atoms with van der Waals surface area (Å²) in [5.74, 6) is 0.293. The fourth-order valence-electron chi connectivity index (χ4n) is 3.52. The maximum atomic E-state index is 12.5. The molecule has 2 aliphatic carbocycles. The number of nitrogens with zero attached hydrogens (tertiary/aromatic N) is 1. The molecule has 1 aromatic rings. The Morgan fingerprint density at radius 3 is 2.67 bits per heavy atom. The minimum Gasteiger partial charge on any atom is -0.465 e. The molecule has 2 saturated carbocycles. The third kappa shape index (κ3) is 4.57. The smallest absolute Gasteiger partial charge is 0.350 e. The summed E-state index contributed by atoms with van der Waals surface area (Å²) in [4.78, 5) is 27.0. The zero-order valence-corrected chi connectivity index (χ0v) is 15.1. The third-order valence-electron chi connectivity index (χ3n) is 4.94. The lowest BCUT2D eigenvalue weighted by Crippen LogP contribution is -2.38. The lowest BCUT2D eigenvalue weighted by Gasteiger charge is -2.29. The second kappa shape index (κ2) is 8.12. The maximum absolute atomic E-state index is 12.5. The summed E-state index contributed by atoms with van der Waals surface area (Å²) in [6, 6.07) is 2.33. The summed E-state index contributed by atoms with van der Waals surface area (Å²) in [6.07, 6.45) is 9.00. The first-order chi connectivity index (χ1) is 11.7. The lowest BCUT2D eigenvalue weighted by molar-refractivity contribution is -0.117. The monoisotopic (exact) mass is 350 g/mol. The van der Waals surface area contributed by atoms with Gasteiger partial charge in [0.2, 0.25) is 5.91 Å². The number of thiophene rings is 1. The summed E-state index contributed by atoms with van der Waals surface area (Å²) >= 11 is 1.29. The van der Waals surface area contributed by atoms with Gasteiger partial charge in [-0.3, -0.25) is 9.69 Å². The van der Waals surface area contributed by atoms with Crippen molar-refractivity contribution in [3.8, 4) is 0 Å². The van der Waals surface area contributed by atoms with Crippen LogP contribution in [-0.2, 0) is 9.53 Å². The quantitative estimate of drug-likeness (QED) is 0.765. The van der Waals surface area contributed by atoms with Crippen LogP contribution in [0, 0.1) is 5.92 Å². The van der Waals surface area contributed by atoms with E-state index in [0.29, 0.717) is 23.2 Å². The van der Waals surface area contributed by atoms with Crippen LogP contribution in [0.3, 0.4) is 0 Å². The van der Waals surface area contributed by atoms with Gasteiger partial charge in [-0.1, -0.05) is 19.3 Å². The van der Waals surface area contributed by atoms with Crippen molar-refractivity contribution < 1.29 is 14.3 Å². The summed E-state index contributed by atoms with van der Waals surface area (Å²) in [6.45, 7) is 1.45. The molecule has 0 saturated heterocycles. The fourth-order valence-corrected chi connectivity index (χ4v) is 4.28. The first-order valence-corrected chi connectivity index (χ1v) is 9.75. The van der Waals surface area contributed by atoms with Gasteiger partial charge < -0.3 is 10.1 Å².